The summed E-state index contributed by atoms with van der Waals surface area (Å²) in [6, 6.07) is 0. The summed E-state index contributed by atoms with van der Waals surface area (Å²) in [4.78, 5) is 24.5. The number of carboxylic acids is 1. The lowest BCUT2D eigenvalue weighted by molar-refractivity contribution is -0.156. The first-order valence-corrected chi connectivity index (χ1v) is 12.3. The number of carboxylic acid groups (broad SMARTS) is 1. The molecule has 5 atom stereocenters. The number of aliphatic carboxylic acids is 1. The molecule has 2 N–H and O–H groups in total. The monoisotopic (exact) mass is 414 g/mol. The number of Topliss-reactive ketones (excluding diaryl/α,β-unsaturated/α-hetero) is 1. The van der Waals surface area contributed by atoms with Gasteiger partial charge in [-0.05, 0) is 81.5 Å². The fourth-order valence-corrected chi connectivity index (χ4v) is 6.87. The van der Waals surface area contributed by atoms with Gasteiger partial charge in [-0.25, -0.2) is 0 Å². The molecule has 1 unspecified atom stereocenters. The molecule has 0 aromatic rings. The standard InChI is InChI=1S/C26H38O4/c1-2-26(25(29)30)13-12-19(16-24(26)28)21-14-20-9-8-17(22(20)15-21)10-11-23(27)18-6-4-3-5-7-18/h10-11,17-18,20,22-23,27H,2-9,12-16H2,1H3,(H,29,30)/b11-10+,21-19?/t17-,20+,22-,23-,26?/m1/s1. The lowest BCUT2D eigenvalue weighted by Crippen LogP contribution is -2.41. The highest BCUT2D eigenvalue weighted by Crippen LogP contribution is 2.53. The van der Waals surface area contributed by atoms with Gasteiger partial charge in [0.2, 0.25) is 0 Å². The van der Waals surface area contributed by atoms with E-state index in [1.165, 1.54) is 43.3 Å². The Morgan fingerprint density at radius 3 is 2.57 bits per heavy atom. The van der Waals surface area contributed by atoms with E-state index in [2.05, 4.69) is 12.2 Å². The highest BCUT2D eigenvalue weighted by Gasteiger charge is 2.48. The van der Waals surface area contributed by atoms with Gasteiger partial charge in [0.15, 0.2) is 5.78 Å². The molecule has 4 heteroatoms. The predicted molar refractivity (Wildman–Crippen MR) is 117 cm³/mol. The second kappa shape index (κ2) is 8.98. The van der Waals surface area contributed by atoms with Crippen LogP contribution in [0.5, 0.6) is 0 Å². The molecule has 0 heterocycles. The van der Waals surface area contributed by atoms with Gasteiger partial charge in [-0.2, -0.15) is 0 Å². The van der Waals surface area contributed by atoms with Gasteiger partial charge >= 0.3 is 5.97 Å². The van der Waals surface area contributed by atoms with E-state index in [9.17, 15) is 19.8 Å². The summed E-state index contributed by atoms with van der Waals surface area (Å²) in [5.74, 6) is 1.28. The molecule has 0 radical (unpaired) electrons. The van der Waals surface area contributed by atoms with Crippen LogP contribution in [0.3, 0.4) is 0 Å². The zero-order valence-electron chi connectivity index (χ0n) is 18.4. The van der Waals surface area contributed by atoms with Gasteiger partial charge in [0.1, 0.15) is 5.41 Å². The fraction of sp³-hybridized carbons (Fsp3) is 0.769. The number of hydrogen-bond acceptors (Lipinski definition) is 3. The first kappa shape index (κ1) is 21.8. The molecule has 4 aliphatic carbocycles. The van der Waals surface area contributed by atoms with Crippen molar-refractivity contribution in [3.63, 3.8) is 0 Å². The Kier molecular flexibility index (Phi) is 6.53. The summed E-state index contributed by atoms with van der Waals surface area (Å²) in [6.07, 6.45) is 16.8. The Bertz CT molecular complexity index is 729. The van der Waals surface area contributed by atoms with Crippen LogP contribution in [-0.4, -0.2) is 28.1 Å². The van der Waals surface area contributed by atoms with Crippen LogP contribution < -0.4 is 0 Å². The highest BCUT2D eigenvalue weighted by atomic mass is 16.4. The quantitative estimate of drug-likeness (QED) is 0.463. The van der Waals surface area contributed by atoms with E-state index < -0.39 is 11.4 Å². The van der Waals surface area contributed by atoms with E-state index in [0.29, 0.717) is 42.9 Å². The minimum Gasteiger partial charge on any atom is -0.480 e. The van der Waals surface area contributed by atoms with E-state index in [1.807, 2.05) is 6.92 Å². The van der Waals surface area contributed by atoms with E-state index >= 15 is 0 Å². The third kappa shape index (κ3) is 4.04. The van der Waals surface area contributed by atoms with Crippen LogP contribution in [0.25, 0.3) is 0 Å². The Hall–Kier alpha value is -1.42. The molecule has 4 saturated carbocycles. The topological polar surface area (TPSA) is 74.6 Å². The van der Waals surface area contributed by atoms with Gasteiger partial charge in [0.05, 0.1) is 6.10 Å². The molecule has 4 aliphatic rings. The number of ketones is 1. The largest absolute Gasteiger partial charge is 0.480 e. The van der Waals surface area contributed by atoms with Crippen LogP contribution in [0.4, 0.5) is 0 Å². The maximum absolute atomic E-state index is 12.7. The van der Waals surface area contributed by atoms with Crippen LogP contribution >= 0.6 is 0 Å². The van der Waals surface area contributed by atoms with Gasteiger partial charge < -0.3 is 10.2 Å². The summed E-state index contributed by atoms with van der Waals surface area (Å²) >= 11 is 0. The van der Waals surface area contributed by atoms with Crippen molar-refractivity contribution in [3.8, 4) is 0 Å². The second-order valence-electron chi connectivity index (χ2n) is 10.4. The molecule has 0 aliphatic heterocycles. The molecule has 4 fully saturated rings. The van der Waals surface area contributed by atoms with Crippen LogP contribution in [0, 0.1) is 29.1 Å². The van der Waals surface area contributed by atoms with Gasteiger partial charge in [-0.15, -0.1) is 0 Å². The minimum atomic E-state index is -1.15. The number of hydrogen-bond donors (Lipinski definition) is 2. The molecule has 0 aromatic carbocycles. The molecule has 4 rings (SSSR count). The van der Waals surface area contributed by atoms with Gasteiger partial charge in [-0.1, -0.05) is 49.5 Å². The second-order valence-corrected chi connectivity index (χ2v) is 10.4. The molecule has 0 spiro atoms. The molecule has 30 heavy (non-hydrogen) atoms. The van der Waals surface area contributed by atoms with E-state index in [1.54, 1.807) is 0 Å². The summed E-state index contributed by atoms with van der Waals surface area (Å²) in [7, 11) is 0. The van der Waals surface area contributed by atoms with Crippen LogP contribution in [-0.2, 0) is 9.59 Å². The average Bonchev–Trinajstić information content (AvgIpc) is 3.33. The number of aliphatic hydroxyl groups is 1. The third-order valence-electron chi connectivity index (χ3n) is 8.98. The average molecular weight is 415 g/mol. The van der Waals surface area contributed by atoms with Crippen molar-refractivity contribution >= 4 is 11.8 Å². The maximum Gasteiger partial charge on any atom is 0.317 e. The molecule has 166 valence electrons. The van der Waals surface area contributed by atoms with Gasteiger partial charge in [-0.3, -0.25) is 9.59 Å². The van der Waals surface area contributed by atoms with Crippen molar-refractivity contribution in [2.75, 3.05) is 0 Å². The number of fused-ring (bicyclic) bond motifs is 1. The van der Waals surface area contributed by atoms with Crippen molar-refractivity contribution in [2.45, 2.75) is 96.5 Å². The smallest absolute Gasteiger partial charge is 0.317 e. The number of carbonyl (C=O) groups excluding carboxylic acids is 1. The SMILES string of the molecule is CCC1(C(=O)O)CCC(=C2C[C@@H]3CC[C@H](/C=C/[C@@H](O)C4CCCCC4)[C@H]3C2)CC1=O. The molecule has 0 bridgehead atoms. The third-order valence-corrected chi connectivity index (χ3v) is 8.98. The first-order chi connectivity index (χ1) is 14.4. The minimum absolute atomic E-state index is 0.0876. The van der Waals surface area contributed by atoms with Gasteiger partial charge in [0, 0.05) is 6.42 Å². The van der Waals surface area contributed by atoms with Crippen LogP contribution in [0.2, 0.25) is 0 Å². The summed E-state index contributed by atoms with van der Waals surface area (Å²) in [5.41, 5.74) is 1.53. The Balaban J connectivity index is 1.39. The number of allylic oxidation sites excluding steroid dienone is 3. The first-order valence-electron chi connectivity index (χ1n) is 12.3. The molecular weight excluding hydrogens is 376 g/mol. The summed E-state index contributed by atoms with van der Waals surface area (Å²) in [6.45, 7) is 1.82. The lowest BCUT2D eigenvalue weighted by atomic mass is 9.69. The molecular formula is C26H38O4. The van der Waals surface area contributed by atoms with Crippen molar-refractivity contribution < 1.29 is 19.8 Å². The van der Waals surface area contributed by atoms with Gasteiger partial charge in [0.25, 0.3) is 0 Å². The zero-order valence-corrected chi connectivity index (χ0v) is 18.4. The van der Waals surface area contributed by atoms with Crippen molar-refractivity contribution in [1.29, 1.82) is 0 Å². The number of aliphatic hydroxyl groups excluding tert-OH is 1. The maximum atomic E-state index is 12.7. The van der Waals surface area contributed by atoms with E-state index in [0.717, 1.165) is 32.1 Å². The molecule has 0 aromatic heterocycles. The lowest BCUT2D eigenvalue weighted by Gasteiger charge is -2.32. The summed E-state index contributed by atoms with van der Waals surface area (Å²) < 4.78 is 0. The Morgan fingerprint density at radius 2 is 1.90 bits per heavy atom. The summed E-state index contributed by atoms with van der Waals surface area (Å²) in [5, 5.41) is 20.2. The van der Waals surface area contributed by atoms with Crippen LogP contribution in [0.15, 0.2) is 23.3 Å². The number of rotatable bonds is 5. The fourth-order valence-electron chi connectivity index (χ4n) is 6.87. The Labute approximate surface area is 180 Å². The van der Waals surface area contributed by atoms with E-state index in [4.69, 9.17) is 0 Å². The molecule has 4 nitrogen and oxygen atoms in total. The number of carbonyl (C=O) groups is 2. The Morgan fingerprint density at radius 1 is 1.13 bits per heavy atom. The van der Waals surface area contributed by atoms with Crippen molar-refractivity contribution in [2.24, 2.45) is 29.1 Å². The normalized spacial score (nSPS) is 38.9. The van der Waals surface area contributed by atoms with Crippen molar-refractivity contribution in [3.05, 3.63) is 23.3 Å². The molecule has 0 amide bonds. The molecule has 0 saturated heterocycles. The zero-order chi connectivity index (χ0) is 21.3. The van der Waals surface area contributed by atoms with E-state index in [-0.39, 0.29) is 11.9 Å². The predicted octanol–water partition coefficient (Wildman–Crippen LogP) is 5.45. The highest BCUT2D eigenvalue weighted by molar-refractivity contribution is 6.04. The van der Waals surface area contributed by atoms with Crippen molar-refractivity contribution in [1.82, 2.24) is 0 Å². The van der Waals surface area contributed by atoms with Crippen LogP contribution in [0.1, 0.15) is 90.4 Å².